The van der Waals surface area contributed by atoms with E-state index in [0.717, 1.165) is 6.42 Å². The van der Waals surface area contributed by atoms with E-state index in [9.17, 15) is 9.59 Å². The highest BCUT2D eigenvalue weighted by Gasteiger charge is 2.44. The Morgan fingerprint density at radius 1 is 1.00 bits per heavy atom. The predicted octanol–water partition coefficient (Wildman–Crippen LogP) is 4.52. The molecule has 2 heterocycles. The van der Waals surface area contributed by atoms with Gasteiger partial charge < -0.3 is 14.4 Å². The number of rotatable bonds is 6. The van der Waals surface area contributed by atoms with Crippen LogP contribution in [0.4, 0.5) is 5.69 Å². The van der Waals surface area contributed by atoms with Crippen LogP contribution < -0.4 is 9.64 Å². The summed E-state index contributed by atoms with van der Waals surface area (Å²) in [6, 6.07) is 14.2. The molecule has 1 saturated heterocycles. The summed E-state index contributed by atoms with van der Waals surface area (Å²) in [5.74, 6) is -0.211. The van der Waals surface area contributed by atoms with Crippen molar-refractivity contribution in [1.82, 2.24) is 4.90 Å². The minimum absolute atomic E-state index is 0.0603. The number of hydrogen-bond acceptors (Lipinski definition) is 5. The van der Waals surface area contributed by atoms with Crippen LogP contribution in [0.3, 0.4) is 0 Å². The summed E-state index contributed by atoms with van der Waals surface area (Å²) in [6.07, 6.45) is 0.698. The highest BCUT2D eigenvalue weighted by Crippen LogP contribution is 2.39. The minimum Gasteiger partial charge on any atom is -0.491 e. The van der Waals surface area contributed by atoms with Crippen molar-refractivity contribution in [2.75, 3.05) is 24.6 Å². The van der Waals surface area contributed by atoms with E-state index in [1.54, 1.807) is 42.5 Å². The van der Waals surface area contributed by atoms with Crippen molar-refractivity contribution >= 4 is 34.7 Å². The topological polar surface area (TPSA) is 59.1 Å². The van der Waals surface area contributed by atoms with Gasteiger partial charge in [-0.05, 0) is 50.1 Å². The van der Waals surface area contributed by atoms with Gasteiger partial charge >= 0.3 is 0 Å². The van der Waals surface area contributed by atoms with E-state index < -0.39 is 0 Å². The van der Waals surface area contributed by atoms with Gasteiger partial charge in [-0.15, -0.1) is 0 Å². The average Bonchev–Trinajstić information content (AvgIpc) is 3.02. The van der Waals surface area contributed by atoms with Gasteiger partial charge in [0.25, 0.3) is 11.8 Å². The molecule has 2 amide bonds. The quantitative estimate of drug-likeness (QED) is 0.600. The maximum Gasteiger partial charge on any atom is 0.282 e. The zero-order valence-electron chi connectivity index (χ0n) is 18.5. The first-order chi connectivity index (χ1) is 15.4. The van der Waals surface area contributed by atoms with Crippen molar-refractivity contribution in [3.63, 3.8) is 0 Å². The lowest BCUT2D eigenvalue weighted by molar-refractivity contribution is -0.121. The summed E-state index contributed by atoms with van der Waals surface area (Å²) in [6.45, 7) is 7.50. The van der Waals surface area contributed by atoms with Crippen LogP contribution in [0, 0.1) is 0 Å². The lowest BCUT2D eigenvalue weighted by atomic mass is 10.0. The number of carbonyl (C=O) groups is 2. The van der Waals surface area contributed by atoms with Crippen LogP contribution in [0.25, 0.3) is 5.57 Å². The molecule has 0 aromatic heterocycles. The molecule has 2 aromatic carbocycles. The molecule has 0 spiro atoms. The maximum absolute atomic E-state index is 13.8. The number of nitrogens with zero attached hydrogens (tertiary/aromatic N) is 2. The summed E-state index contributed by atoms with van der Waals surface area (Å²) >= 11 is 6.08. The van der Waals surface area contributed by atoms with Crippen LogP contribution in [-0.4, -0.2) is 48.6 Å². The van der Waals surface area contributed by atoms with E-state index in [1.807, 2.05) is 31.7 Å². The van der Waals surface area contributed by atoms with Crippen LogP contribution >= 0.6 is 11.6 Å². The SMILES string of the molecule is CCCOc1ccccc1N1C(=O)C(c2ccc(Cl)cc2)=C(N2CC(C)OC(C)C2)C1=O. The minimum atomic E-state index is -0.369. The molecule has 2 atom stereocenters. The molecule has 6 nitrogen and oxygen atoms in total. The van der Waals surface area contributed by atoms with Crippen LogP contribution in [0.1, 0.15) is 32.8 Å². The molecule has 2 aromatic rings. The number of benzene rings is 2. The Morgan fingerprint density at radius 3 is 2.31 bits per heavy atom. The van der Waals surface area contributed by atoms with Crippen LogP contribution in [-0.2, 0) is 14.3 Å². The number of morpholine rings is 1. The normalized spacial score (nSPS) is 21.5. The number of ether oxygens (including phenoxy) is 2. The molecule has 0 N–H and O–H groups in total. The van der Waals surface area contributed by atoms with Crippen LogP contribution in [0.5, 0.6) is 5.75 Å². The fourth-order valence-corrected chi connectivity index (χ4v) is 4.37. The highest BCUT2D eigenvalue weighted by molar-refractivity contribution is 6.45. The van der Waals surface area contributed by atoms with Gasteiger partial charge in [-0.1, -0.05) is 42.8 Å². The van der Waals surface area contributed by atoms with Gasteiger partial charge in [-0.2, -0.15) is 0 Å². The standard InChI is InChI=1S/C25H27ClN2O4/c1-4-13-31-21-8-6-5-7-20(21)28-24(29)22(18-9-11-19(26)12-10-18)23(25(28)30)27-14-16(2)32-17(3)15-27/h5-12,16-17H,4,13-15H2,1-3H3. The number of halogens is 1. The fraction of sp³-hybridized carbons (Fsp3) is 0.360. The molecule has 0 aliphatic carbocycles. The zero-order valence-corrected chi connectivity index (χ0v) is 19.3. The van der Waals surface area contributed by atoms with Gasteiger partial charge in [0.05, 0.1) is 30.1 Å². The monoisotopic (exact) mass is 454 g/mol. The van der Waals surface area contributed by atoms with Gasteiger partial charge in [0.2, 0.25) is 0 Å². The summed E-state index contributed by atoms with van der Waals surface area (Å²) < 4.78 is 11.7. The Kier molecular flexibility index (Phi) is 6.53. The summed E-state index contributed by atoms with van der Waals surface area (Å²) in [5, 5.41) is 0.566. The lowest BCUT2D eigenvalue weighted by Gasteiger charge is -2.37. The summed E-state index contributed by atoms with van der Waals surface area (Å²) in [7, 11) is 0. The average molecular weight is 455 g/mol. The van der Waals surface area contributed by atoms with E-state index in [2.05, 4.69) is 0 Å². The highest BCUT2D eigenvalue weighted by atomic mass is 35.5. The Morgan fingerprint density at radius 2 is 1.66 bits per heavy atom. The molecule has 1 fully saturated rings. The van der Waals surface area contributed by atoms with Gasteiger partial charge in [0.1, 0.15) is 11.4 Å². The molecule has 2 aliphatic heterocycles. The largest absolute Gasteiger partial charge is 0.491 e. The molecule has 2 unspecified atom stereocenters. The van der Waals surface area contributed by atoms with E-state index in [4.69, 9.17) is 21.1 Å². The Hall–Kier alpha value is -2.83. The second kappa shape index (κ2) is 9.35. The number of carbonyl (C=O) groups excluding carboxylic acids is 2. The lowest BCUT2D eigenvalue weighted by Crippen LogP contribution is -2.47. The number of anilines is 1. The van der Waals surface area contributed by atoms with Gasteiger partial charge in [-0.3, -0.25) is 9.59 Å². The van der Waals surface area contributed by atoms with Crippen molar-refractivity contribution in [2.45, 2.75) is 39.4 Å². The molecule has 168 valence electrons. The van der Waals surface area contributed by atoms with Crippen molar-refractivity contribution in [3.05, 3.63) is 64.8 Å². The van der Waals surface area contributed by atoms with Gasteiger partial charge in [-0.25, -0.2) is 4.90 Å². The van der Waals surface area contributed by atoms with E-state index in [1.165, 1.54) is 4.90 Å². The Balaban J connectivity index is 1.81. The molecule has 2 aliphatic rings. The molecule has 32 heavy (non-hydrogen) atoms. The molecule has 0 saturated carbocycles. The molecule has 0 bridgehead atoms. The predicted molar refractivity (Wildman–Crippen MR) is 125 cm³/mol. The molecular weight excluding hydrogens is 428 g/mol. The van der Waals surface area contributed by atoms with Crippen molar-refractivity contribution < 1.29 is 19.1 Å². The second-order valence-electron chi connectivity index (χ2n) is 8.15. The maximum atomic E-state index is 13.8. The van der Waals surface area contributed by atoms with Crippen molar-refractivity contribution in [3.8, 4) is 5.75 Å². The van der Waals surface area contributed by atoms with Crippen molar-refractivity contribution in [1.29, 1.82) is 0 Å². The number of para-hydroxylation sites is 2. The molecular formula is C25H27ClN2O4. The number of hydrogen-bond donors (Lipinski definition) is 0. The second-order valence-corrected chi connectivity index (χ2v) is 8.59. The van der Waals surface area contributed by atoms with Crippen LogP contribution in [0.15, 0.2) is 54.2 Å². The summed E-state index contributed by atoms with van der Waals surface area (Å²) in [4.78, 5) is 30.7. The molecule has 4 rings (SSSR count). The first kappa shape index (κ1) is 22.4. The smallest absolute Gasteiger partial charge is 0.282 e. The van der Waals surface area contributed by atoms with E-state index in [0.29, 0.717) is 53.0 Å². The third kappa shape index (κ3) is 4.25. The molecule has 0 radical (unpaired) electrons. The molecule has 7 heteroatoms. The summed E-state index contributed by atoms with van der Waals surface area (Å²) in [5.41, 5.74) is 1.87. The van der Waals surface area contributed by atoms with Crippen LogP contribution in [0.2, 0.25) is 5.02 Å². The van der Waals surface area contributed by atoms with Crippen molar-refractivity contribution in [2.24, 2.45) is 0 Å². The number of amides is 2. The Labute approximate surface area is 193 Å². The third-order valence-corrected chi connectivity index (χ3v) is 5.75. The number of imide groups is 1. The zero-order chi connectivity index (χ0) is 22.8. The first-order valence-electron chi connectivity index (χ1n) is 10.9. The fourth-order valence-electron chi connectivity index (χ4n) is 4.24. The van der Waals surface area contributed by atoms with Gasteiger partial charge in [0.15, 0.2) is 0 Å². The van der Waals surface area contributed by atoms with E-state index >= 15 is 0 Å². The first-order valence-corrected chi connectivity index (χ1v) is 11.3. The third-order valence-electron chi connectivity index (χ3n) is 5.50. The van der Waals surface area contributed by atoms with Gasteiger partial charge in [0, 0.05) is 18.1 Å². The van der Waals surface area contributed by atoms with E-state index in [-0.39, 0.29) is 24.0 Å². The Bertz CT molecular complexity index is 1040.